The predicted octanol–water partition coefficient (Wildman–Crippen LogP) is 4.44. The number of anilines is 1. The van der Waals surface area contributed by atoms with Crippen LogP contribution in [-0.2, 0) is 21.2 Å². The van der Waals surface area contributed by atoms with Gasteiger partial charge in [0.05, 0.1) is 18.0 Å². The number of carbonyl (C=O) groups excluding carboxylic acids is 1. The van der Waals surface area contributed by atoms with Crippen LogP contribution in [0.15, 0.2) is 78.9 Å². The summed E-state index contributed by atoms with van der Waals surface area (Å²) in [6, 6.07) is 24.0. The summed E-state index contributed by atoms with van der Waals surface area (Å²) >= 11 is 0. The van der Waals surface area contributed by atoms with E-state index in [9.17, 15) is 13.2 Å². The molecule has 0 spiro atoms. The molecule has 7 heteroatoms. The van der Waals surface area contributed by atoms with Gasteiger partial charge in [-0.1, -0.05) is 42.5 Å². The number of fused-ring (bicyclic) bond motifs is 1. The van der Waals surface area contributed by atoms with E-state index in [1.54, 1.807) is 24.3 Å². The molecule has 4 rings (SSSR count). The SMILES string of the molecule is CS(=O)(=O)N(CC(=O)N[C@@H]1CCCc2ccccc21)c1ccc(Oc2ccccc2)cc1. The summed E-state index contributed by atoms with van der Waals surface area (Å²) in [6.45, 7) is -0.281. The van der Waals surface area contributed by atoms with Crippen LogP contribution in [0.5, 0.6) is 11.5 Å². The lowest BCUT2D eigenvalue weighted by Gasteiger charge is -2.28. The molecule has 0 bridgehead atoms. The number of sulfonamides is 1. The van der Waals surface area contributed by atoms with Gasteiger partial charge in [0.1, 0.15) is 18.0 Å². The van der Waals surface area contributed by atoms with Gasteiger partial charge in [-0.25, -0.2) is 8.42 Å². The maximum Gasteiger partial charge on any atom is 0.241 e. The van der Waals surface area contributed by atoms with Crippen LogP contribution in [0.4, 0.5) is 5.69 Å². The Morgan fingerprint density at radius 1 is 0.969 bits per heavy atom. The number of nitrogens with one attached hydrogen (secondary N) is 1. The molecule has 1 aliphatic rings. The Hall–Kier alpha value is -3.32. The molecular formula is C25H26N2O4S. The van der Waals surface area contributed by atoms with Gasteiger partial charge in [0.15, 0.2) is 0 Å². The van der Waals surface area contributed by atoms with E-state index in [0.717, 1.165) is 35.4 Å². The van der Waals surface area contributed by atoms with Crippen LogP contribution < -0.4 is 14.4 Å². The molecule has 0 radical (unpaired) electrons. The van der Waals surface area contributed by atoms with Crippen LogP contribution in [0.25, 0.3) is 0 Å². The van der Waals surface area contributed by atoms with Gasteiger partial charge in [-0.05, 0) is 66.8 Å². The number of benzene rings is 3. The number of aryl methyl sites for hydroxylation is 1. The van der Waals surface area contributed by atoms with Gasteiger partial charge in [0.25, 0.3) is 0 Å². The van der Waals surface area contributed by atoms with Gasteiger partial charge < -0.3 is 10.1 Å². The third kappa shape index (κ3) is 5.29. The van der Waals surface area contributed by atoms with Gasteiger partial charge in [0.2, 0.25) is 15.9 Å². The van der Waals surface area contributed by atoms with Crippen LogP contribution in [0, 0.1) is 0 Å². The zero-order chi connectivity index (χ0) is 22.6. The largest absolute Gasteiger partial charge is 0.457 e. The molecule has 0 saturated heterocycles. The zero-order valence-corrected chi connectivity index (χ0v) is 18.7. The van der Waals surface area contributed by atoms with Crippen molar-refractivity contribution in [3.05, 3.63) is 90.0 Å². The maximum absolute atomic E-state index is 12.8. The first-order valence-corrected chi connectivity index (χ1v) is 12.4. The normalized spacial score (nSPS) is 15.5. The Bertz CT molecular complexity index is 1180. The Morgan fingerprint density at radius 3 is 2.34 bits per heavy atom. The first-order valence-electron chi connectivity index (χ1n) is 10.6. The molecule has 3 aromatic carbocycles. The van der Waals surface area contributed by atoms with Gasteiger partial charge in [-0.3, -0.25) is 9.10 Å². The fraction of sp³-hybridized carbons (Fsp3) is 0.240. The minimum Gasteiger partial charge on any atom is -0.457 e. The number of carbonyl (C=O) groups is 1. The highest BCUT2D eigenvalue weighted by Crippen LogP contribution is 2.30. The van der Waals surface area contributed by atoms with Crippen molar-refractivity contribution in [1.29, 1.82) is 0 Å². The van der Waals surface area contributed by atoms with E-state index >= 15 is 0 Å². The van der Waals surface area contributed by atoms with Gasteiger partial charge in [-0.2, -0.15) is 0 Å². The monoisotopic (exact) mass is 450 g/mol. The summed E-state index contributed by atoms with van der Waals surface area (Å²) in [5.74, 6) is 0.936. The van der Waals surface area contributed by atoms with Crippen molar-refractivity contribution in [1.82, 2.24) is 5.32 Å². The summed E-state index contributed by atoms with van der Waals surface area (Å²) in [4.78, 5) is 12.8. The summed E-state index contributed by atoms with van der Waals surface area (Å²) in [6.07, 6.45) is 3.92. The van der Waals surface area contributed by atoms with Crippen LogP contribution in [0.3, 0.4) is 0 Å². The fourth-order valence-electron chi connectivity index (χ4n) is 3.98. The summed E-state index contributed by atoms with van der Waals surface area (Å²) in [5, 5.41) is 3.02. The Balaban J connectivity index is 1.47. The van der Waals surface area contributed by atoms with E-state index in [1.807, 2.05) is 48.5 Å². The van der Waals surface area contributed by atoms with Gasteiger partial charge in [-0.15, -0.1) is 0 Å². The second-order valence-corrected chi connectivity index (χ2v) is 9.80. The third-order valence-electron chi connectivity index (χ3n) is 5.50. The number of para-hydroxylation sites is 1. The quantitative estimate of drug-likeness (QED) is 0.577. The van der Waals surface area contributed by atoms with Crippen molar-refractivity contribution in [3.8, 4) is 11.5 Å². The number of rotatable bonds is 7. The molecule has 0 aliphatic heterocycles. The van der Waals surface area contributed by atoms with E-state index < -0.39 is 10.0 Å². The molecule has 1 N–H and O–H groups in total. The van der Waals surface area contributed by atoms with E-state index in [4.69, 9.17) is 4.74 Å². The van der Waals surface area contributed by atoms with Crippen LogP contribution in [0.1, 0.15) is 30.0 Å². The zero-order valence-electron chi connectivity index (χ0n) is 17.9. The molecule has 0 saturated carbocycles. The van der Waals surface area contributed by atoms with Crippen LogP contribution in [-0.4, -0.2) is 27.1 Å². The highest BCUT2D eigenvalue weighted by atomic mass is 32.2. The molecule has 166 valence electrons. The first-order chi connectivity index (χ1) is 15.4. The van der Waals surface area contributed by atoms with E-state index in [2.05, 4.69) is 11.4 Å². The summed E-state index contributed by atoms with van der Waals surface area (Å²) in [5.41, 5.74) is 2.76. The lowest BCUT2D eigenvalue weighted by molar-refractivity contribution is -0.120. The molecule has 1 atom stereocenters. The van der Waals surface area contributed by atoms with Crippen molar-refractivity contribution in [3.63, 3.8) is 0 Å². The highest BCUT2D eigenvalue weighted by Gasteiger charge is 2.25. The Labute approximate surface area is 188 Å². The van der Waals surface area contributed by atoms with E-state index in [1.165, 1.54) is 5.56 Å². The smallest absolute Gasteiger partial charge is 0.241 e. The molecule has 32 heavy (non-hydrogen) atoms. The van der Waals surface area contributed by atoms with E-state index in [0.29, 0.717) is 17.2 Å². The predicted molar refractivity (Wildman–Crippen MR) is 125 cm³/mol. The first kappa shape index (κ1) is 21.9. The molecule has 1 aliphatic carbocycles. The molecular weight excluding hydrogens is 424 g/mol. The number of hydrogen-bond donors (Lipinski definition) is 1. The minimum atomic E-state index is -3.65. The average Bonchev–Trinajstić information content (AvgIpc) is 2.78. The second kappa shape index (κ2) is 9.44. The van der Waals surface area contributed by atoms with Gasteiger partial charge in [0, 0.05) is 0 Å². The molecule has 0 unspecified atom stereocenters. The van der Waals surface area contributed by atoms with Crippen molar-refractivity contribution < 1.29 is 17.9 Å². The molecule has 0 heterocycles. The molecule has 6 nitrogen and oxygen atoms in total. The number of nitrogens with zero attached hydrogens (tertiary/aromatic N) is 1. The van der Waals surface area contributed by atoms with Crippen LogP contribution in [0.2, 0.25) is 0 Å². The van der Waals surface area contributed by atoms with E-state index in [-0.39, 0.29) is 18.5 Å². The summed E-state index contributed by atoms with van der Waals surface area (Å²) in [7, 11) is -3.65. The number of ether oxygens (including phenoxy) is 1. The molecule has 0 fully saturated rings. The van der Waals surface area contributed by atoms with Gasteiger partial charge >= 0.3 is 0 Å². The van der Waals surface area contributed by atoms with Crippen molar-refractivity contribution in [2.45, 2.75) is 25.3 Å². The third-order valence-corrected chi connectivity index (χ3v) is 6.64. The molecule has 1 amide bonds. The highest BCUT2D eigenvalue weighted by molar-refractivity contribution is 7.92. The molecule has 0 aromatic heterocycles. The minimum absolute atomic E-state index is 0.101. The number of amides is 1. The van der Waals surface area contributed by atoms with Crippen molar-refractivity contribution in [2.24, 2.45) is 0 Å². The Morgan fingerprint density at radius 2 is 1.62 bits per heavy atom. The topological polar surface area (TPSA) is 75.7 Å². The average molecular weight is 451 g/mol. The van der Waals surface area contributed by atoms with Crippen molar-refractivity contribution in [2.75, 3.05) is 17.1 Å². The molecule has 3 aromatic rings. The van der Waals surface area contributed by atoms with Crippen LogP contribution >= 0.6 is 0 Å². The lowest BCUT2D eigenvalue weighted by atomic mass is 9.88. The van der Waals surface area contributed by atoms with Crippen molar-refractivity contribution >= 4 is 21.6 Å². The standard InChI is InChI=1S/C25H26N2O4S/c1-32(29,30)27(20-14-16-22(17-15-20)31-21-10-3-2-4-11-21)18-25(28)26-24-13-7-9-19-8-5-6-12-23(19)24/h2-6,8,10-12,14-17,24H,7,9,13,18H2,1H3,(H,26,28)/t24-/m1/s1. The second-order valence-electron chi connectivity index (χ2n) is 7.89. The summed E-state index contributed by atoms with van der Waals surface area (Å²) < 4.78 is 31.8. The Kier molecular flexibility index (Phi) is 6.46. The fourth-order valence-corrected chi connectivity index (χ4v) is 4.84. The number of hydrogen-bond acceptors (Lipinski definition) is 4. The maximum atomic E-state index is 12.8. The lowest BCUT2D eigenvalue weighted by Crippen LogP contribution is -2.42.